The highest BCUT2D eigenvalue weighted by Gasteiger charge is 2.15. The van der Waals surface area contributed by atoms with Crippen molar-refractivity contribution in [3.63, 3.8) is 0 Å². The van der Waals surface area contributed by atoms with Crippen molar-refractivity contribution in [2.75, 3.05) is 6.67 Å². The number of sulfonamides is 1. The molecule has 0 aliphatic heterocycles. The zero-order chi connectivity index (χ0) is 11.6. The summed E-state index contributed by atoms with van der Waals surface area (Å²) in [6.07, 6.45) is 0. The maximum Gasteiger partial charge on any atom is 0.242 e. The van der Waals surface area contributed by atoms with Crippen LogP contribution in [0.15, 0.2) is 47.4 Å². The van der Waals surface area contributed by atoms with E-state index in [0.29, 0.717) is 5.39 Å². The van der Waals surface area contributed by atoms with E-state index in [0.717, 1.165) is 5.39 Å². The first-order valence-corrected chi connectivity index (χ1v) is 6.31. The number of nitrogens with two attached hydrogens (primary N) is 1. The van der Waals surface area contributed by atoms with Crippen molar-refractivity contribution in [2.45, 2.75) is 4.90 Å². The van der Waals surface area contributed by atoms with Crippen molar-refractivity contribution >= 4 is 20.8 Å². The van der Waals surface area contributed by atoms with E-state index in [1.807, 2.05) is 24.3 Å². The molecule has 0 aromatic heterocycles. The van der Waals surface area contributed by atoms with Gasteiger partial charge in [-0.1, -0.05) is 36.4 Å². The molecule has 0 atom stereocenters. The van der Waals surface area contributed by atoms with Crippen LogP contribution in [0.1, 0.15) is 0 Å². The smallest absolute Gasteiger partial charge is 0.242 e. The highest BCUT2D eigenvalue weighted by Crippen LogP contribution is 2.22. The van der Waals surface area contributed by atoms with Gasteiger partial charge in [0.05, 0.1) is 11.6 Å². The molecule has 0 aliphatic carbocycles. The third kappa shape index (κ3) is 1.92. The largest absolute Gasteiger partial charge is 0.318 e. The summed E-state index contributed by atoms with van der Waals surface area (Å²) < 4.78 is 26.0. The van der Waals surface area contributed by atoms with E-state index in [9.17, 15) is 8.42 Å². The van der Waals surface area contributed by atoms with E-state index in [4.69, 9.17) is 5.73 Å². The molecule has 0 saturated carbocycles. The minimum Gasteiger partial charge on any atom is -0.318 e. The molecule has 2 aromatic carbocycles. The number of benzene rings is 2. The molecule has 4 nitrogen and oxygen atoms in total. The van der Waals surface area contributed by atoms with Crippen molar-refractivity contribution in [3.05, 3.63) is 42.5 Å². The number of hydrogen-bond acceptors (Lipinski definition) is 3. The predicted molar refractivity (Wildman–Crippen MR) is 63.3 cm³/mol. The van der Waals surface area contributed by atoms with Gasteiger partial charge in [-0.3, -0.25) is 0 Å². The molecule has 0 heterocycles. The van der Waals surface area contributed by atoms with Gasteiger partial charge in [-0.25, -0.2) is 8.42 Å². The van der Waals surface area contributed by atoms with E-state index in [1.54, 1.807) is 18.2 Å². The molecule has 16 heavy (non-hydrogen) atoms. The molecule has 0 spiro atoms. The monoisotopic (exact) mass is 236 g/mol. The Labute approximate surface area is 94.1 Å². The Balaban J connectivity index is 2.70. The molecule has 2 aromatic rings. The summed E-state index contributed by atoms with van der Waals surface area (Å²) in [4.78, 5) is 0.260. The number of hydrogen-bond donors (Lipinski definition) is 2. The first-order chi connectivity index (χ1) is 7.65. The molecule has 0 radical (unpaired) electrons. The van der Waals surface area contributed by atoms with E-state index in [2.05, 4.69) is 4.72 Å². The maximum atomic E-state index is 11.9. The second-order valence-electron chi connectivity index (χ2n) is 3.33. The fourth-order valence-corrected chi connectivity index (χ4v) is 2.73. The Hall–Kier alpha value is -1.43. The molecular formula is C11H12N2O2S. The van der Waals surface area contributed by atoms with Crippen LogP contribution >= 0.6 is 0 Å². The third-order valence-corrected chi connectivity index (χ3v) is 3.79. The SMILES string of the molecule is NCNS(=O)(=O)c1cccc2ccccc12. The normalized spacial score (nSPS) is 11.8. The molecule has 2 rings (SSSR count). The first-order valence-electron chi connectivity index (χ1n) is 4.82. The van der Waals surface area contributed by atoms with E-state index in [-0.39, 0.29) is 11.6 Å². The van der Waals surface area contributed by atoms with Gasteiger partial charge in [-0.15, -0.1) is 0 Å². The quantitative estimate of drug-likeness (QED) is 0.782. The fourth-order valence-electron chi connectivity index (χ4n) is 1.62. The lowest BCUT2D eigenvalue weighted by molar-refractivity contribution is 0.584. The van der Waals surface area contributed by atoms with Crippen LogP contribution in [0.4, 0.5) is 0 Å². The molecule has 84 valence electrons. The van der Waals surface area contributed by atoms with Crippen molar-refractivity contribution in [2.24, 2.45) is 5.73 Å². The second-order valence-corrected chi connectivity index (χ2v) is 5.06. The summed E-state index contributed by atoms with van der Waals surface area (Å²) in [5.41, 5.74) is 5.21. The zero-order valence-corrected chi connectivity index (χ0v) is 9.37. The summed E-state index contributed by atoms with van der Waals surface area (Å²) in [5, 5.41) is 1.59. The average molecular weight is 236 g/mol. The lowest BCUT2D eigenvalue weighted by Crippen LogP contribution is -2.29. The predicted octanol–water partition coefficient (Wildman–Crippen LogP) is 1.03. The minimum atomic E-state index is -3.51. The molecule has 0 bridgehead atoms. The van der Waals surface area contributed by atoms with Crippen LogP contribution in [0.25, 0.3) is 10.8 Å². The topological polar surface area (TPSA) is 72.2 Å². The lowest BCUT2D eigenvalue weighted by atomic mass is 10.1. The summed E-state index contributed by atoms with van der Waals surface area (Å²) in [6, 6.07) is 12.5. The third-order valence-electron chi connectivity index (χ3n) is 2.31. The summed E-state index contributed by atoms with van der Waals surface area (Å²) in [7, 11) is -3.51. The number of nitrogens with one attached hydrogen (secondary N) is 1. The lowest BCUT2D eigenvalue weighted by Gasteiger charge is -2.07. The van der Waals surface area contributed by atoms with Crippen molar-refractivity contribution in [1.29, 1.82) is 0 Å². The van der Waals surface area contributed by atoms with Crippen LogP contribution in [0.5, 0.6) is 0 Å². The molecule has 5 heteroatoms. The van der Waals surface area contributed by atoms with E-state index in [1.165, 1.54) is 0 Å². The van der Waals surface area contributed by atoms with Crippen molar-refractivity contribution in [3.8, 4) is 0 Å². The molecule has 0 unspecified atom stereocenters. The molecular weight excluding hydrogens is 224 g/mol. The van der Waals surface area contributed by atoms with Gasteiger partial charge in [-0.05, 0) is 11.5 Å². The fraction of sp³-hybridized carbons (Fsp3) is 0.0909. The molecule has 3 N–H and O–H groups in total. The van der Waals surface area contributed by atoms with Gasteiger partial charge < -0.3 is 5.73 Å². The number of rotatable bonds is 3. The summed E-state index contributed by atoms with van der Waals surface area (Å²) >= 11 is 0. The molecule has 0 aliphatic rings. The van der Waals surface area contributed by atoms with Crippen LogP contribution in [0.2, 0.25) is 0 Å². The van der Waals surface area contributed by atoms with Crippen LogP contribution in [-0.4, -0.2) is 15.1 Å². The van der Waals surface area contributed by atoms with Gasteiger partial charge >= 0.3 is 0 Å². The average Bonchev–Trinajstić information content (AvgIpc) is 2.28. The van der Waals surface area contributed by atoms with Crippen molar-refractivity contribution in [1.82, 2.24) is 4.72 Å². The highest BCUT2D eigenvalue weighted by atomic mass is 32.2. The van der Waals surface area contributed by atoms with Crippen LogP contribution in [0.3, 0.4) is 0 Å². The van der Waals surface area contributed by atoms with Crippen LogP contribution in [0, 0.1) is 0 Å². The Kier molecular flexibility index (Phi) is 2.91. The van der Waals surface area contributed by atoms with Crippen LogP contribution in [-0.2, 0) is 10.0 Å². The standard InChI is InChI=1S/C11H12N2O2S/c12-8-13-16(14,15)11-7-3-5-9-4-1-2-6-10(9)11/h1-7,13H,8,12H2. The molecule has 0 saturated heterocycles. The highest BCUT2D eigenvalue weighted by molar-refractivity contribution is 7.89. The number of fused-ring (bicyclic) bond motifs is 1. The van der Waals surface area contributed by atoms with Gasteiger partial charge in [0.1, 0.15) is 0 Å². The van der Waals surface area contributed by atoms with Gasteiger partial charge in [0.15, 0.2) is 0 Å². The molecule has 0 fully saturated rings. The Bertz CT molecular complexity index is 603. The van der Waals surface area contributed by atoms with Gasteiger partial charge in [0.2, 0.25) is 10.0 Å². The molecule has 0 amide bonds. The van der Waals surface area contributed by atoms with E-state index < -0.39 is 10.0 Å². The Morgan fingerprint density at radius 2 is 1.75 bits per heavy atom. The minimum absolute atomic E-state index is 0.106. The second kappa shape index (κ2) is 4.21. The van der Waals surface area contributed by atoms with E-state index >= 15 is 0 Å². The Morgan fingerprint density at radius 3 is 2.50 bits per heavy atom. The van der Waals surface area contributed by atoms with Gasteiger partial charge in [-0.2, -0.15) is 4.72 Å². The summed E-state index contributed by atoms with van der Waals surface area (Å²) in [5.74, 6) is 0. The first kappa shape index (κ1) is 11.1. The summed E-state index contributed by atoms with van der Waals surface area (Å²) in [6.45, 7) is -0.106. The van der Waals surface area contributed by atoms with Gasteiger partial charge in [0.25, 0.3) is 0 Å². The van der Waals surface area contributed by atoms with Crippen LogP contribution < -0.4 is 10.5 Å². The van der Waals surface area contributed by atoms with Gasteiger partial charge in [0, 0.05) is 5.39 Å². The zero-order valence-electron chi connectivity index (χ0n) is 8.55. The van der Waals surface area contributed by atoms with Crippen molar-refractivity contribution < 1.29 is 8.42 Å². The maximum absolute atomic E-state index is 11.9. The Morgan fingerprint density at radius 1 is 1.06 bits per heavy atom.